The van der Waals surface area contributed by atoms with E-state index in [2.05, 4.69) is 0 Å². The number of hydrogen-bond acceptors (Lipinski definition) is 4. The van der Waals surface area contributed by atoms with E-state index in [4.69, 9.17) is 5.73 Å². The summed E-state index contributed by atoms with van der Waals surface area (Å²) < 4.78 is 63.1. The smallest absolute Gasteiger partial charge is 0.399 e. The van der Waals surface area contributed by atoms with Crippen molar-refractivity contribution in [2.75, 3.05) is 5.73 Å². The van der Waals surface area contributed by atoms with E-state index in [1.165, 1.54) is 24.3 Å². The molecule has 122 valence electrons. The van der Waals surface area contributed by atoms with Crippen LogP contribution in [0.15, 0.2) is 53.4 Å². The first kappa shape index (κ1) is 16.8. The number of anilines is 1. The third-order valence-electron chi connectivity index (χ3n) is 2.89. The van der Waals surface area contributed by atoms with Crippen LogP contribution in [0.25, 0.3) is 0 Å². The van der Waals surface area contributed by atoms with Crippen LogP contribution >= 0.6 is 0 Å². The van der Waals surface area contributed by atoms with Crippen molar-refractivity contribution < 1.29 is 26.4 Å². The molecule has 0 spiro atoms. The molecule has 0 heterocycles. The molecule has 0 saturated heterocycles. The van der Waals surface area contributed by atoms with Gasteiger partial charge < -0.3 is 5.73 Å². The van der Waals surface area contributed by atoms with Gasteiger partial charge in [-0.15, -0.1) is 0 Å². The van der Waals surface area contributed by atoms with Gasteiger partial charge in [-0.2, -0.15) is 13.2 Å². The quantitative estimate of drug-likeness (QED) is 0.837. The monoisotopic (exact) mass is 344 g/mol. The minimum absolute atomic E-state index is 0.188. The van der Waals surface area contributed by atoms with Crippen molar-refractivity contribution >= 4 is 21.6 Å². The molecule has 0 unspecified atom stereocenters. The van der Waals surface area contributed by atoms with Gasteiger partial charge in [0, 0.05) is 11.3 Å². The minimum atomic E-state index is -4.54. The molecule has 0 aliphatic rings. The number of nitrogens with one attached hydrogen (secondary N) is 1. The van der Waals surface area contributed by atoms with Gasteiger partial charge in [0.05, 0.1) is 10.5 Å². The Morgan fingerprint density at radius 2 is 1.48 bits per heavy atom. The number of nitrogen functional groups attached to an aromatic ring is 1. The Kier molecular flexibility index (Phi) is 4.33. The summed E-state index contributed by atoms with van der Waals surface area (Å²) in [5.41, 5.74) is 4.64. The van der Waals surface area contributed by atoms with E-state index in [-0.39, 0.29) is 10.5 Å². The molecule has 0 aliphatic carbocycles. The van der Waals surface area contributed by atoms with Gasteiger partial charge in [0.15, 0.2) is 0 Å². The highest BCUT2D eigenvalue weighted by Gasteiger charge is 2.30. The second kappa shape index (κ2) is 5.92. The van der Waals surface area contributed by atoms with Crippen LogP contribution < -0.4 is 10.5 Å². The van der Waals surface area contributed by atoms with Gasteiger partial charge in [0.1, 0.15) is 0 Å². The molecule has 0 fully saturated rings. The van der Waals surface area contributed by atoms with Crippen LogP contribution in [0, 0.1) is 0 Å². The summed E-state index contributed by atoms with van der Waals surface area (Å²) in [5.74, 6) is -1.03. The van der Waals surface area contributed by atoms with E-state index < -0.39 is 27.7 Å². The van der Waals surface area contributed by atoms with E-state index in [1.807, 2.05) is 0 Å². The second-order valence-corrected chi connectivity index (χ2v) is 6.26. The summed E-state index contributed by atoms with van der Waals surface area (Å²) in [6.07, 6.45) is -4.54. The Bertz CT molecular complexity index is 814. The Labute approximate surface area is 130 Å². The normalized spacial score (nSPS) is 12.0. The summed E-state index contributed by atoms with van der Waals surface area (Å²) in [5, 5.41) is 0. The summed E-state index contributed by atoms with van der Waals surface area (Å²) in [6, 6.07) is 8.30. The number of benzene rings is 2. The summed E-state index contributed by atoms with van der Waals surface area (Å²) in [6.45, 7) is 0. The molecule has 3 N–H and O–H groups in total. The zero-order chi connectivity index (χ0) is 17.3. The lowest BCUT2D eigenvalue weighted by atomic mass is 10.1. The molecule has 23 heavy (non-hydrogen) atoms. The van der Waals surface area contributed by atoms with Crippen LogP contribution in [-0.4, -0.2) is 14.3 Å². The highest BCUT2D eigenvalue weighted by Crippen LogP contribution is 2.29. The molecule has 1 amide bonds. The van der Waals surface area contributed by atoms with Gasteiger partial charge >= 0.3 is 6.18 Å². The molecule has 0 aromatic heterocycles. The third kappa shape index (κ3) is 4.01. The fourth-order valence-corrected chi connectivity index (χ4v) is 2.67. The van der Waals surface area contributed by atoms with Crippen LogP contribution in [-0.2, 0) is 16.2 Å². The van der Waals surface area contributed by atoms with Gasteiger partial charge in [-0.3, -0.25) is 4.79 Å². The maximum Gasteiger partial charge on any atom is 0.416 e. The molecule has 0 atom stereocenters. The predicted molar refractivity (Wildman–Crippen MR) is 77.0 cm³/mol. The number of carbonyl (C=O) groups excluding carboxylic acids is 1. The Hall–Kier alpha value is -2.55. The highest BCUT2D eigenvalue weighted by atomic mass is 32.2. The van der Waals surface area contributed by atoms with Gasteiger partial charge in [-0.05, 0) is 48.5 Å². The molecular weight excluding hydrogens is 333 g/mol. The zero-order valence-electron chi connectivity index (χ0n) is 11.5. The number of alkyl halides is 3. The van der Waals surface area contributed by atoms with Crippen LogP contribution in [0.1, 0.15) is 15.9 Å². The maximum absolute atomic E-state index is 12.4. The molecule has 0 radical (unpaired) electrons. The molecule has 0 saturated carbocycles. The third-order valence-corrected chi connectivity index (χ3v) is 4.24. The molecule has 0 bridgehead atoms. The van der Waals surface area contributed by atoms with E-state index in [0.717, 1.165) is 12.1 Å². The molecule has 9 heteroatoms. The standard InChI is InChI=1S/C14H11F3N2O3S/c15-14(16,17)10-3-1-9(2-4-10)13(20)19-23(21,22)12-7-5-11(18)6-8-12/h1-8H,18H2,(H,19,20). The van der Waals surface area contributed by atoms with E-state index in [1.54, 1.807) is 4.72 Å². The number of sulfonamides is 1. The zero-order valence-corrected chi connectivity index (χ0v) is 12.3. The summed E-state index contributed by atoms with van der Waals surface area (Å²) in [4.78, 5) is 11.7. The Morgan fingerprint density at radius 1 is 0.957 bits per heavy atom. The first-order valence-electron chi connectivity index (χ1n) is 6.19. The molecule has 2 rings (SSSR count). The first-order valence-corrected chi connectivity index (χ1v) is 7.68. The van der Waals surface area contributed by atoms with Gasteiger partial charge in [0.2, 0.25) is 0 Å². The van der Waals surface area contributed by atoms with E-state index >= 15 is 0 Å². The lowest BCUT2D eigenvalue weighted by Crippen LogP contribution is -2.30. The Balaban J connectivity index is 2.19. The molecule has 5 nitrogen and oxygen atoms in total. The average molecular weight is 344 g/mol. The number of nitrogens with two attached hydrogens (primary N) is 1. The highest BCUT2D eigenvalue weighted by molar-refractivity contribution is 7.90. The number of rotatable bonds is 3. The van der Waals surface area contributed by atoms with E-state index in [9.17, 15) is 26.4 Å². The second-order valence-electron chi connectivity index (χ2n) is 4.58. The number of carbonyl (C=O) groups is 1. The van der Waals surface area contributed by atoms with Crippen molar-refractivity contribution in [1.82, 2.24) is 4.72 Å². The largest absolute Gasteiger partial charge is 0.416 e. The maximum atomic E-state index is 12.4. The lowest BCUT2D eigenvalue weighted by Gasteiger charge is -2.09. The topological polar surface area (TPSA) is 89.3 Å². The first-order chi connectivity index (χ1) is 10.6. The lowest BCUT2D eigenvalue weighted by molar-refractivity contribution is -0.137. The van der Waals surface area contributed by atoms with Crippen molar-refractivity contribution in [2.45, 2.75) is 11.1 Å². The van der Waals surface area contributed by atoms with Crippen molar-refractivity contribution in [3.8, 4) is 0 Å². The van der Waals surface area contributed by atoms with Crippen LogP contribution in [0.5, 0.6) is 0 Å². The summed E-state index contributed by atoms with van der Waals surface area (Å²) in [7, 11) is -4.14. The molecule has 2 aromatic carbocycles. The van der Waals surface area contributed by atoms with Gasteiger partial charge in [-0.1, -0.05) is 0 Å². The van der Waals surface area contributed by atoms with E-state index in [0.29, 0.717) is 17.8 Å². The van der Waals surface area contributed by atoms with Crippen LogP contribution in [0.2, 0.25) is 0 Å². The van der Waals surface area contributed by atoms with Crippen molar-refractivity contribution in [3.63, 3.8) is 0 Å². The SMILES string of the molecule is Nc1ccc(S(=O)(=O)NC(=O)c2ccc(C(F)(F)F)cc2)cc1. The number of amides is 1. The van der Waals surface area contributed by atoms with Gasteiger partial charge in [0.25, 0.3) is 15.9 Å². The van der Waals surface area contributed by atoms with Crippen molar-refractivity contribution in [1.29, 1.82) is 0 Å². The average Bonchev–Trinajstić information content (AvgIpc) is 2.46. The minimum Gasteiger partial charge on any atom is -0.399 e. The summed E-state index contributed by atoms with van der Waals surface area (Å²) >= 11 is 0. The van der Waals surface area contributed by atoms with Crippen molar-refractivity contribution in [3.05, 3.63) is 59.7 Å². The van der Waals surface area contributed by atoms with Crippen molar-refractivity contribution in [2.24, 2.45) is 0 Å². The molecular formula is C14H11F3N2O3S. The number of hydrogen-bond donors (Lipinski definition) is 2. The molecule has 0 aliphatic heterocycles. The fraction of sp³-hybridized carbons (Fsp3) is 0.0714. The van der Waals surface area contributed by atoms with Gasteiger partial charge in [-0.25, -0.2) is 13.1 Å². The van der Waals surface area contributed by atoms with Crippen LogP contribution in [0.3, 0.4) is 0 Å². The number of halogens is 3. The molecule has 2 aromatic rings. The predicted octanol–water partition coefficient (Wildman–Crippen LogP) is 2.41. The van der Waals surface area contributed by atoms with Crippen LogP contribution in [0.4, 0.5) is 18.9 Å². The fourth-order valence-electron chi connectivity index (χ4n) is 1.70. The Morgan fingerprint density at radius 3 is 1.96 bits per heavy atom.